The monoisotopic (exact) mass is 383 g/mol. The van der Waals surface area contributed by atoms with Crippen molar-refractivity contribution in [2.75, 3.05) is 19.6 Å². The Bertz CT molecular complexity index is 1000. The van der Waals surface area contributed by atoms with Gasteiger partial charge in [-0.05, 0) is 29.8 Å². The maximum Gasteiger partial charge on any atom is 0.263 e. The van der Waals surface area contributed by atoms with Crippen LogP contribution >= 0.6 is 0 Å². The summed E-state index contributed by atoms with van der Waals surface area (Å²) >= 11 is 0. The number of benzene rings is 1. The summed E-state index contributed by atoms with van der Waals surface area (Å²) in [6, 6.07) is 9.26. The van der Waals surface area contributed by atoms with Gasteiger partial charge in [0.05, 0.1) is 6.04 Å². The van der Waals surface area contributed by atoms with Crippen molar-refractivity contribution in [3.8, 4) is 0 Å². The average Bonchev–Trinajstić information content (AvgIpc) is 3.21. The largest absolute Gasteiger partial charge is 0.338 e. The third-order valence-electron chi connectivity index (χ3n) is 5.90. The highest BCUT2D eigenvalue weighted by molar-refractivity contribution is 5.94. The minimum Gasteiger partial charge on any atom is -0.338 e. The number of aryl methyl sites for hydroxylation is 1. The van der Waals surface area contributed by atoms with Gasteiger partial charge in [-0.3, -0.25) is 14.4 Å². The highest BCUT2D eigenvalue weighted by atomic mass is 19.1. The molecule has 0 spiro atoms. The molecule has 2 saturated heterocycles. The van der Waals surface area contributed by atoms with E-state index in [9.17, 15) is 18.8 Å². The van der Waals surface area contributed by atoms with E-state index in [1.165, 1.54) is 23.6 Å². The molecule has 3 atom stereocenters. The summed E-state index contributed by atoms with van der Waals surface area (Å²) in [6.45, 7) is 2.96. The zero-order valence-corrected chi connectivity index (χ0v) is 15.8. The Morgan fingerprint density at radius 1 is 1.11 bits per heavy atom. The fourth-order valence-electron chi connectivity index (χ4n) is 4.58. The third-order valence-corrected chi connectivity index (χ3v) is 5.90. The van der Waals surface area contributed by atoms with E-state index in [1.807, 2.05) is 6.07 Å². The average molecular weight is 383 g/mol. The fraction of sp³-hybridized carbons (Fsp3) is 0.381. The quantitative estimate of drug-likeness (QED) is 0.795. The van der Waals surface area contributed by atoms with Gasteiger partial charge in [-0.15, -0.1) is 0 Å². The highest BCUT2D eigenvalue weighted by Gasteiger charge is 2.49. The molecule has 0 saturated carbocycles. The van der Waals surface area contributed by atoms with E-state index in [4.69, 9.17) is 0 Å². The number of carbonyl (C=O) groups is 2. The lowest BCUT2D eigenvalue weighted by atomic mass is 9.89. The second-order valence-electron chi connectivity index (χ2n) is 7.64. The molecule has 2 aromatic rings. The minimum absolute atomic E-state index is 0.0159. The van der Waals surface area contributed by atoms with Gasteiger partial charge < -0.3 is 14.4 Å². The first kappa shape index (κ1) is 18.4. The molecular weight excluding hydrogens is 361 g/mol. The number of pyridine rings is 1. The fourth-order valence-corrected chi connectivity index (χ4v) is 4.58. The van der Waals surface area contributed by atoms with Crippen LogP contribution in [0.25, 0.3) is 0 Å². The number of amides is 2. The van der Waals surface area contributed by atoms with Crippen LogP contribution in [0.5, 0.6) is 0 Å². The molecule has 0 radical (unpaired) electrons. The van der Waals surface area contributed by atoms with E-state index in [0.29, 0.717) is 19.6 Å². The van der Waals surface area contributed by atoms with Crippen molar-refractivity contribution in [1.29, 1.82) is 0 Å². The molecule has 146 valence electrons. The second-order valence-corrected chi connectivity index (χ2v) is 7.64. The van der Waals surface area contributed by atoms with Crippen molar-refractivity contribution in [2.24, 2.45) is 18.9 Å². The van der Waals surface area contributed by atoms with Crippen LogP contribution in [0.1, 0.15) is 28.9 Å². The lowest BCUT2D eigenvalue weighted by Crippen LogP contribution is -2.38. The van der Waals surface area contributed by atoms with Crippen LogP contribution < -0.4 is 5.56 Å². The van der Waals surface area contributed by atoms with E-state index in [-0.39, 0.29) is 46.6 Å². The number of carbonyl (C=O) groups excluding carboxylic acids is 2. The summed E-state index contributed by atoms with van der Waals surface area (Å²) in [4.78, 5) is 40.9. The van der Waals surface area contributed by atoms with Gasteiger partial charge in [0.25, 0.3) is 11.5 Å². The molecule has 1 aromatic carbocycles. The molecule has 2 aliphatic rings. The molecule has 7 heteroatoms. The molecule has 0 N–H and O–H groups in total. The number of aromatic nitrogens is 1. The summed E-state index contributed by atoms with van der Waals surface area (Å²) in [5.74, 6) is -0.569. The smallest absolute Gasteiger partial charge is 0.263 e. The van der Waals surface area contributed by atoms with Gasteiger partial charge >= 0.3 is 0 Å². The van der Waals surface area contributed by atoms with E-state index < -0.39 is 0 Å². The Morgan fingerprint density at radius 3 is 2.61 bits per heavy atom. The van der Waals surface area contributed by atoms with Crippen LogP contribution in [-0.4, -0.2) is 45.8 Å². The maximum atomic E-state index is 13.8. The van der Waals surface area contributed by atoms with Crippen molar-refractivity contribution in [1.82, 2.24) is 14.4 Å². The van der Waals surface area contributed by atoms with Crippen LogP contribution in [0.4, 0.5) is 4.39 Å². The number of hydrogen-bond acceptors (Lipinski definition) is 3. The normalized spacial score (nSPS) is 23.8. The van der Waals surface area contributed by atoms with Crippen molar-refractivity contribution in [2.45, 2.75) is 13.0 Å². The molecule has 28 heavy (non-hydrogen) atoms. The molecule has 0 bridgehead atoms. The van der Waals surface area contributed by atoms with Crippen LogP contribution in [0.2, 0.25) is 0 Å². The van der Waals surface area contributed by atoms with Gasteiger partial charge in [0.15, 0.2) is 0 Å². The zero-order valence-electron chi connectivity index (χ0n) is 15.8. The summed E-state index contributed by atoms with van der Waals surface area (Å²) < 4.78 is 15.2. The number of likely N-dealkylation sites (tertiary alicyclic amines) is 2. The molecule has 2 aliphatic heterocycles. The Balaban J connectivity index is 1.63. The molecule has 6 nitrogen and oxygen atoms in total. The van der Waals surface area contributed by atoms with Crippen molar-refractivity contribution in [3.05, 3.63) is 69.9 Å². The lowest BCUT2D eigenvalue weighted by molar-refractivity contribution is -0.130. The van der Waals surface area contributed by atoms with E-state index in [2.05, 4.69) is 0 Å². The van der Waals surface area contributed by atoms with Crippen molar-refractivity contribution >= 4 is 11.8 Å². The van der Waals surface area contributed by atoms with E-state index >= 15 is 0 Å². The topological polar surface area (TPSA) is 62.6 Å². The van der Waals surface area contributed by atoms with Crippen LogP contribution in [-0.2, 0) is 11.8 Å². The summed E-state index contributed by atoms with van der Waals surface area (Å²) in [5, 5.41) is 0. The summed E-state index contributed by atoms with van der Waals surface area (Å²) in [6.07, 6.45) is 1.61. The molecular formula is C21H22FN3O3. The standard InChI is InChI=1S/C21H22FN3O3/c1-13(26)25-11-15-10-24(21(28)17-7-4-8-23(2)20(17)27)12-18(15)19(25)14-5-3-6-16(22)9-14/h3-9,15,18-19H,10-12H2,1-2H3/t15-,18-,19+/m1/s1. The van der Waals surface area contributed by atoms with Crippen molar-refractivity contribution in [3.63, 3.8) is 0 Å². The Labute approximate surface area is 162 Å². The first-order chi connectivity index (χ1) is 13.4. The second kappa shape index (κ2) is 6.89. The predicted molar refractivity (Wildman–Crippen MR) is 101 cm³/mol. The summed E-state index contributed by atoms with van der Waals surface area (Å²) in [7, 11) is 1.61. The minimum atomic E-state index is -0.344. The zero-order chi connectivity index (χ0) is 20.0. The van der Waals surface area contributed by atoms with Gasteiger partial charge in [0.1, 0.15) is 11.4 Å². The van der Waals surface area contributed by atoms with Crippen LogP contribution in [0.3, 0.4) is 0 Å². The first-order valence-electron chi connectivity index (χ1n) is 9.34. The molecule has 1 aromatic heterocycles. The van der Waals surface area contributed by atoms with Crippen LogP contribution in [0, 0.1) is 17.7 Å². The third kappa shape index (κ3) is 3.00. The molecule has 3 heterocycles. The van der Waals surface area contributed by atoms with Crippen molar-refractivity contribution < 1.29 is 14.0 Å². The van der Waals surface area contributed by atoms with Gasteiger partial charge in [-0.25, -0.2) is 4.39 Å². The number of rotatable bonds is 2. The maximum absolute atomic E-state index is 13.8. The van der Waals surface area contributed by atoms with Crippen LogP contribution in [0.15, 0.2) is 47.4 Å². The Hall–Kier alpha value is -2.96. The molecule has 2 fully saturated rings. The number of fused-ring (bicyclic) bond motifs is 1. The highest BCUT2D eigenvalue weighted by Crippen LogP contribution is 2.45. The Kier molecular flexibility index (Phi) is 4.53. The molecule has 4 rings (SSSR count). The number of nitrogens with zero attached hydrogens (tertiary/aromatic N) is 3. The molecule has 2 amide bonds. The number of halogens is 1. The first-order valence-corrected chi connectivity index (χ1v) is 9.34. The van der Waals surface area contributed by atoms with Gasteiger partial charge in [0, 0.05) is 51.6 Å². The SMILES string of the molecule is CC(=O)N1C[C@H]2CN(C(=O)c3cccn(C)c3=O)C[C@H]2[C@@H]1c1cccc(F)c1. The summed E-state index contributed by atoms with van der Waals surface area (Å²) in [5.41, 5.74) is 0.569. The Morgan fingerprint density at radius 2 is 1.89 bits per heavy atom. The predicted octanol–water partition coefficient (Wildman–Crippen LogP) is 1.82. The lowest BCUT2D eigenvalue weighted by Gasteiger charge is -2.29. The van der Waals surface area contributed by atoms with Gasteiger partial charge in [0.2, 0.25) is 5.91 Å². The molecule has 0 aliphatic carbocycles. The molecule has 0 unspecified atom stereocenters. The van der Waals surface area contributed by atoms with Gasteiger partial charge in [-0.1, -0.05) is 12.1 Å². The van der Waals surface area contributed by atoms with E-state index in [0.717, 1.165) is 5.56 Å². The van der Waals surface area contributed by atoms with Gasteiger partial charge in [-0.2, -0.15) is 0 Å². The van der Waals surface area contributed by atoms with E-state index in [1.54, 1.807) is 41.2 Å². The number of hydrogen-bond donors (Lipinski definition) is 0.